The normalized spacial score (nSPS) is 10.3. The second-order valence-electron chi connectivity index (χ2n) is 5.11. The number of rotatable bonds is 4. The van der Waals surface area contributed by atoms with Crippen LogP contribution in [0, 0.1) is 13.8 Å². The van der Waals surface area contributed by atoms with Crippen molar-refractivity contribution in [3.8, 4) is 5.75 Å². The van der Waals surface area contributed by atoms with E-state index in [-0.39, 0.29) is 5.91 Å². The highest BCUT2D eigenvalue weighted by atomic mass is 16.5. The third-order valence-corrected chi connectivity index (χ3v) is 3.45. The number of nitrogens with zero attached hydrogens (tertiary/aromatic N) is 1. The number of hydrogen-bond donors (Lipinski definition) is 0. The second-order valence-corrected chi connectivity index (χ2v) is 5.11. The number of carbonyl (C=O) groups is 1. The van der Waals surface area contributed by atoms with E-state index in [0.29, 0.717) is 12.2 Å². The highest BCUT2D eigenvalue weighted by Gasteiger charge is 2.14. The molecule has 3 nitrogen and oxygen atoms in total. The van der Waals surface area contributed by atoms with Gasteiger partial charge in [0, 0.05) is 18.3 Å². The van der Waals surface area contributed by atoms with Crippen LogP contribution in [0.5, 0.6) is 5.75 Å². The molecule has 0 bridgehead atoms. The zero-order chi connectivity index (χ0) is 15.4. The van der Waals surface area contributed by atoms with Crippen molar-refractivity contribution in [3.05, 3.63) is 59.2 Å². The van der Waals surface area contributed by atoms with Crippen molar-refractivity contribution in [1.82, 2.24) is 0 Å². The minimum absolute atomic E-state index is 0.0231. The molecule has 0 heterocycles. The molecular formula is C18H21NO2. The molecule has 2 rings (SSSR count). The summed E-state index contributed by atoms with van der Waals surface area (Å²) in [5, 5.41) is 0. The minimum atomic E-state index is -0.0231. The van der Waals surface area contributed by atoms with Gasteiger partial charge in [-0.2, -0.15) is 0 Å². The fourth-order valence-corrected chi connectivity index (χ4v) is 2.18. The van der Waals surface area contributed by atoms with Crippen LogP contribution in [0.15, 0.2) is 42.5 Å². The fourth-order valence-electron chi connectivity index (χ4n) is 2.18. The van der Waals surface area contributed by atoms with Gasteiger partial charge in [-0.1, -0.05) is 17.7 Å². The van der Waals surface area contributed by atoms with Crippen LogP contribution in [0.1, 0.15) is 28.4 Å². The molecule has 0 radical (unpaired) electrons. The average Bonchev–Trinajstić information content (AvgIpc) is 2.49. The smallest absolute Gasteiger partial charge is 0.258 e. The van der Waals surface area contributed by atoms with Gasteiger partial charge in [0.15, 0.2) is 0 Å². The zero-order valence-corrected chi connectivity index (χ0v) is 13.0. The van der Waals surface area contributed by atoms with E-state index in [2.05, 4.69) is 0 Å². The predicted octanol–water partition coefficient (Wildman–Crippen LogP) is 3.98. The Morgan fingerprint density at radius 1 is 1.10 bits per heavy atom. The summed E-state index contributed by atoms with van der Waals surface area (Å²) in [6, 6.07) is 13.5. The number of aryl methyl sites for hydroxylation is 2. The topological polar surface area (TPSA) is 29.5 Å². The van der Waals surface area contributed by atoms with Gasteiger partial charge in [0.05, 0.1) is 6.61 Å². The number of anilines is 1. The molecule has 0 aliphatic rings. The molecule has 0 saturated heterocycles. The Kier molecular flexibility index (Phi) is 4.63. The number of amides is 1. The van der Waals surface area contributed by atoms with E-state index in [1.54, 1.807) is 11.9 Å². The molecule has 0 spiro atoms. The first-order valence-corrected chi connectivity index (χ1v) is 7.11. The first-order chi connectivity index (χ1) is 10.0. The number of benzene rings is 2. The molecule has 0 aromatic heterocycles. The van der Waals surface area contributed by atoms with E-state index in [1.165, 1.54) is 5.56 Å². The molecule has 21 heavy (non-hydrogen) atoms. The van der Waals surface area contributed by atoms with Crippen LogP contribution in [-0.4, -0.2) is 19.6 Å². The SMILES string of the molecule is CCOc1ccc(C(=O)N(C)c2ccc(C)cc2)cc1C. The van der Waals surface area contributed by atoms with Crippen molar-refractivity contribution in [2.24, 2.45) is 0 Å². The highest BCUT2D eigenvalue weighted by Crippen LogP contribution is 2.22. The maximum absolute atomic E-state index is 12.5. The summed E-state index contributed by atoms with van der Waals surface area (Å²) >= 11 is 0. The molecule has 3 heteroatoms. The number of hydrogen-bond acceptors (Lipinski definition) is 2. The van der Waals surface area contributed by atoms with Gasteiger partial charge >= 0.3 is 0 Å². The summed E-state index contributed by atoms with van der Waals surface area (Å²) in [7, 11) is 1.79. The molecule has 0 unspecified atom stereocenters. The van der Waals surface area contributed by atoms with Crippen LogP contribution >= 0.6 is 0 Å². The Bertz CT molecular complexity index is 632. The van der Waals surface area contributed by atoms with Gasteiger partial charge in [-0.15, -0.1) is 0 Å². The third kappa shape index (κ3) is 3.43. The summed E-state index contributed by atoms with van der Waals surface area (Å²) in [5.74, 6) is 0.803. The van der Waals surface area contributed by atoms with Crippen molar-refractivity contribution >= 4 is 11.6 Å². The molecule has 0 aliphatic heterocycles. The standard InChI is InChI=1S/C18H21NO2/c1-5-21-17-11-8-15(12-14(17)3)18(20)19(4)16-9-6-13(2)7-10-16/h6-12H,5H2,1-4H3. The summed E-state index contributed by atoms with van der Waals surface area (Å²) in [6.07, 6.45) is 0. The number of ether oxygens (including phenoxy) is 1. The van der Waals surface area contributed by atoms with Gasteiger partial charge in [0.25, 0.3) is 5.91 Å². The molecule has 0 fully saturated rings. The van der Waals surface area contributed by atoms with E-state index >= 15 is 0 Å². The van der Waals surface area contributed by atoms with Gasteiger partial charge in [0.2, 0.25) is 0 Å². The lowest BCUT2D eigenvalue weighted by Gasteiger charge is -2.18. The lowest BCUT2D eigenvalue weighted by atomic mass is 10.1. The van der Waals surface area contributed by atoms with Crippen molar-refractivity contribution in [3.63, 3.8) is 0 Å². The summed E-state index contributed by atoms with van der Waals surface area (Å²) in [5.41, 5.74) is 3.70. The Balaban J connectivity index is 2.23. The molecule has 1 amide bonds. The Morgan fingerprint density at radius 2 is 1.76 bits per heavy atom. The molecule has 110 valence electrons. The molecular weight excluding hydrogens is 262 g/mol. The van der Waals surface area contributed by atoms with Crippen LogP contribution in [0.2, 0.25) is 0 Å². The lowest BCUT2D eigenvalue weighted by Crippen LogP contribution is -2.26. The van der Waals surface area contributed by atoms with E-state index in [4.69, 9.17) is 4.74 Å². The quantitative estimate of drug-likeness (QED) is 0.849. The van der Waals surface area contributed by atoms with Crippen LogP contribution in [0.25, 0.3) is 0 Å². The van der Waals surface area contributed by atoms with Crippen molar-refractivity contribution < 1.29 is 9.53 Å². The summed E-state index contributed by atoms with van der Waals surface area (Å²) in [4.78, 5) is 14.2. The molecule has 2 aromatic carbocycles. The van der Waals surface area contributed by atoms with Gasteiger partial charge in [-0.25, -0.2) is 0 Å². The van der Waals surface area contributed by atoms with E-state index < -0.39 is 0 Å². The van der Waals surface area contributed by atoms with E-state index in [1.807, 2.05) is 63.2 Å². The Hall–Kier alpha value is -2.29. The first-order valence-electron chi connectivity index (χ1n) is 7.11. The molecule has 0 aliphatic carbocycles. The van der Waals surface area contributed by atoms with Gasteiger partial charge in [-0.05, 0) is 56.7 Å². The maximum atomic E-state index is 12.5. The van der Waals surface area contributed by atoms with Crippen LogP contribution in [0.3, 0.4) is 0 Å². The minimum Gasteiger partial charge on any atom is -0.494 e. The number of carbonyl (C=O) groups excluding carboxylic acids is 1. The summed E-state index contributed by atoms with van der Waals surface area (Å²) < 4.78 is 5.50. The fraction of sp³-hybridized carbons (Fsp3) is 0.278. The van der Waals surface area contributed by atoms with Crippen molar-refractivity contribution in [1.29, 1.82) is 0 Å². The van der Waals surface area contributed by atoms with Crippen LogP contribution in [0.4, 0.5) is 5.69 Å². The molecule has 0 N–H and O–H groups in total. The largest absolute Gasteiger partial charge is 0.494 e. The second kappa shape index (κ2) is 6.44. The van der Waals surface area contributed by atoms with Crippen LogP contribution < -0.4 is 9.64 Å². The third-order valence-electron chi connectivity index (χ3n) is 3.45. The van der Waals surface area contributed by atoms with Gasteiger partial charge in [-0.3, -0.25) is 4.79 Å². The van der Waals surface area contributed by atoms with E-state index in [9.17, 15) is 4.79 Å². The van der Waals surface area contributed by atoms with Gasteiger partial charge in [0.1, 0.15) is 5.75 Å². The molecule has 0 saturated carbocycles. The van der Waals surface area contributed by atoms with E-state index in [0.717, 1.165) is 17.0 Å². The van der Waals surface area contributed by atoms with Gasteiger partial charge < -0.3 is 9.64 Å². The molecule has 2 aromatic rings. The zero-order valence-electron chi connectivity index (χ0n) is 13.0. The predicted molar refractivity (Wildman–Crippen MR) is 86.3 cm³/mol. The van der Waals surface area contributed by atoms with Crippen molar-refractivity contribution in [2.75, 3.05) is 18.6 Å². The Labute approximate surface area is 126 Å². The first kappa shape index (κ1) is 15.1. The van der Waals surface area contributed by atoms with Crippen molar-refractivity contribution in [2.45, 2.75) is 20.8 Å². The lowest BCUT2D eigenvalue weighted by molar-refractivity contribution is 0.0993. The highest BCUT2D eigenvalue weighted by molar-refractivity contribution is 6.05. The van der Waals surface area contributed by atoms with Crippen LogP contribution in [-0.2, 0) is 0 Å². The maximum Gasteiger partial charge on any atom is 0.258 e. The molecule has 0 atom stereocenters. The summed E-state index contributed by atoms with van der Waals surface area (Å²) in [6.45, 7) is 6.55. The average molecular weight is 283 g/mol. The monoisotopic (exact) mass is 283 g/mol. The Morgan fingerprint density at radius 3 is 2.33 bits per heavy atom.